The Hall–Kier alpha value is -1.46. The van der Waals surface area contributed by atoms with Crippen LogP contribution in [0.4, 0.5) is 0 Å². The highest BCUT2D eigenvalue weighted by Gasteiger charge is 2.43. The molecule has 1 aromatic heterocycles. The first kappa shape index (κ1) is 14.9. The zero-order chi connectivity index (χ0) is 14.6. The van der Waals surface area contributed by atoms with Gasteiger partial charge in [0.15, 0.2) is 0 Å². The lowest BCUT2D eigenvalue weighted by atomic mass is 9.77. The summed E-state index contributed by atoms with van der Waals surface area (Å²) in [4.78, 5) is 16.0. The van der Waals surface area contributed by atoms with Crippen LogP contribution in [0.15, 0.2) is 18.3 Å². The SMILES string of the molecule is CCOC1CC(O)(CNC(=O)Cc2ccc(C)nc2)C1. The number of aromatic nitrogens is 1. The second-order valence-corrected chi connectivity index (χ2v) is 5.47. The molecule has 1 aliphatic carbocycles. The van der Waals surface area contributed by atoms with Gasteiger partial charge in [-0.2, -0.15) is 0 Å². The van der Waals surface area contributed by atoms with Gasteiger partial charge in [-0.25, -0.2) is 0 Å². The number of nitrogens with one attached hydrogen (secondary N) is 1. The average Bonchev–Trinajstić information content (AvgIpc) is 2.38. The maximum Gasteiger partial charge on any atom is 0.224 e. The summed E-state index contributed by atoms with van der Waals surface area (Å²) in [6.45, 7) is 4.79. The molecule has 0 radical (unpaired) electrons. The number of aryl methyl sites for hydroxylation is 1. The van der Waals surface area contributed by atoms with Crippen molar-refractivity contribution in [3.63, 3.8) is 0 Å². The highest BCUT2D eigenvalue weighted by Crippen LogP contribution is 2.33. The minimum absolute atomic E-state index is 0.0936. The van der Waals surface area contributed by atoms with Gasteiger partial charge >= 0.3 is 0 Å². The Bertz CT molecular complexity index is 453. The first-order valence-electron chi connectivity index (χ1n) is 7.03. The van der Waals surface area contributed by atoms with E-state index in [9.17, 15) is 9.90 Å². The van der Waals surface area contributed by atoms with Crippen LogP contribution >= 0.6 is 0 Å². The van der Waals surface area contributed by atoms with E-state index in [4.69, 9.17) is 4.74 Å². The van der Waals surface area contributed by atoms with Crippen molar-refractivity contribution in [2.75, 3.05) is 13.2 Å². The van der Waals surface area contributed by atoms with Gasteiger partial charge in [0.25, 0.3) is 0 Å². The lowest BCUT2D eigenvalue weighted by Gasteiger charge is -2.43. The third-order valence-electron chi connectivity index (χ3n) is 3.57. The van der Waals surface area contributed by atoms with Crippen molar-refractivity contribution in [1.29, 1.82) is 0 Å². The number of pyridine rings is 1. The zero-order valence-corrected chi connectivity index (χ0v) is 12.1. The number of rotatable bonds is 6. The largest absolute Gasteiger partial charge is 0.388 e. The van der Waals surface area contributed by atoms with Gasteiger partial charge in [0.05, 0.1) is 18.1 Å². The first-order valence-corrected chi connectivity index (χ1v) is 7.03. The van der Waals surface area contributed by atoms with E-state index >= 15 is 0 Å². The molecule has 0 aromatic carbocycles. The van der Waals surface area contributed by atoms with Gasteiger partial charge in [0.2, 0.25) is 5.91 Å². The van der Waals surface area contributed by atoms with E-state index < -0.39 is 5.60 Å². The number of hydrogen-bond donors (Lipinski definition) is 2. The minimum Gasteiger partial charge on any atom is -0.388 e. The normalized spacial score (nSPS) is 25.1. The quantitative estimate of drug-likeness (QED) is 0.813. The number of amides is 1. The van der Waals surface area contributed by atoms with E-state index in [-0.39, 0.29) is 25.0 Å². The van der Waals surface area contributed by atoms with Gasteiger partial charge in [-0.05, 0) is 25.5 Å². The first-order chi connectivity index (χ1) is 9.50. The van der Waals surface area contributed by atoms with E-state index in [0.717, 1.165) is 11.3 Å². The number of nitrogens with zero attached hydrogens (tertiary/aromatic N) is 1. The second kappa shape index (κ2) is 6.33. The molecule has 1 aliphatic rings. The predicted octanol–water partition coefficient (Wildman–Crippen LogP) is 0.979. The van der Waals surface area contributed by atoms with Crippen LogP contribution in [-0.4, -0.2) is 40.9 Å². The summed E-state index contributed by atoms with van der Waals surface area (Å²) in [5.41, 5.74) is 1.00. The summed E-state index contributed by atoms with van der Waals surface area (Å²) in [7, 11) is 0. The van der Waals surface area contributed by atoms with Crippen LogP contribution in [0.25, 0.3) is 0 Å². The second-order valence-electron chi connectivity index (χ2n) is 5.47. The lowest BCUT2D eigenvalue weighted by molar-refractivity contribution is -0.141. The monoisotopic (exact) mass is 278 g/mol. The highest BCUT2D eigenvalue weighted by molar-refractivity contribution is 5.78. The summed E-state index contributed by atoms with van der Waals surface area (Å²) in [6, 6.07) is 3.78. The zero-order valence-electron chi connectivity index (χ0n) is 12.1. The van der Waals surface area contributed by atoms with E-state index in [1.54, 1.807) is 6.20 Å². The Morgan fingerprint density at radius 1 is 1.55 bits per heavy atom. The number of aliphatic hydroxyl groups is 1. The highest BCUT2D eigenvalue weighted by atomic mass is 16.5. The molecule has 0 bridgehead atoms. The molecular formula is C15H22N2O3. The van der Waals surface area contributed by atoms with Crippen molar-refractivity contribution in [1.82, 2.24) is 10.3 Å². The van der Waals surface area contributed by atoms with Crippen molar-refractivity contribution in [3.05, 3.63) is 29.6 Å². The fraction of sp³-hybridized carbons (Fsp3) is 0.600. The molecular weight excluding hydrogens is 256 g/mol. The Morgan fingerprint density at radius 2 is 2.30 bits per heavy atom. The number of carbonyl (C=O) groups excluding carboxylic acids is 1. The third kappa shape index (κ3) is 4.02. The molecule has 1 saturated carbocycles. The summed E-state index contributed by atoms with van der Waals surface area (Å²) in [5, 5.41) is 12.9. The molecule has 0 atom stereocenters. The van der Waals surface area contributed by atoms with Gasteiger partial charge in [0.1, 0.15) is 0 Å². The van der Waals surface area contributed by atoms with Crippen LogP contribution in [0.2, 0.25) is 0 Å². The summed E-state index contributed by atoms with van der Waals surface area (Å²) >= 11 is 0. The minimum atomic E-state index is -0.805. The molecule has 20 heavy (non-hydrogen) atoms. The fourth-order valence-electron chi connectivity index (χ4n) is 2.40. The Labute approximate surface area is 119 Å². The Kier molecular flexibility index (Phi) is 4.73. The molecule has 1 amide bonds. The van der Waals surface area contributed by atoms with Gasteiger partial charge in [0, 0.05) is 37.9 Å². The van der Waals surface area contributed by atoms with Crippen LogP contribution in [-0.2, 0) is 16.0 Å². The van der Waals surface area contributed by atoms with Crippen LogP contribution in [0, 0.1) is 6.92 Å². The van der Waals surface area contributed by atoms with Gasteiger partial charge in [-0.15, -0.1) is 0 Å². The molecule has 1 aromatic rings. The van der Waals surface area contributed by atoms with Crippen molar-refractivity contribution in [3.8, 4) is 0 Å². The molecule has 1 fully saturated rings. The van der Waals surface area contributed by atoms with Crippen molar-refractivity contribution in [2.45, 2.75) is 44.8 Å². The smallest absolute Gasteiger partial charge is 0.224 e. The molecule has 0 saturated heterocycles. The van der Waals surface area contributed by atoms with Crippen molar-refractivity contribution >= 4 is 5.91 Å². The number of hydrogen-bond acceptors (Lipinski definition) is 4. The molecule has 110 valence electrons. The summed E-state index contributed by atoms with van der Waals surface area (Å²) in [5.74, 6) is -0.0936. The third-order valence-corrected chi connectivity index (χ3v) is 3.57. The van der Waals surface area contributed by atoms with E-state index in [0.29, 0.717) is 19.4 Å². The van der Waals surface area contributed by atoms with Gasteiger partial charge in [-0.3, -0.25) is 9.78 Å². The van der Waals surface area contributed by atoms with Crippen LogP contribution in [0.1, 0.15) is 31.0 Å². The molecule has 2 rings (SSSR count). The Morgan fingerprint density at radius 3 is 2.90 bits per heavy atom. The molecule has 5 nitrogen and oxygen atoms in total. The van der Waals surface area contributed by atoms with Crippen molar-refractivity contribution in [2.24, 2.45) is 0 Å². The summed E-state index contributed by atoms with van der Waals surface area (Å²) in [6.07, 6.45) is 3.31. The average molecular weight is 278 g/mol. The van der Waals surface area contributed by atoms with Crippen LogP contribution in [0.3, 0.4) is 0 Å². The molecule has 5 heteroatoms. The fourth-order valence-corrected chi connectivity index (χ4v) is 2.40. The molecule has 0 spiro atoms. The number of carbonyl (C=O) groups is 1. The van der Waals surface area contributed by atoms with Gasteiger partial charge < -0.3 is 15.2 Å². The van der Waals surface area contributed by atoms with E-state index in [2.05, 4.69) is 10.3 Å². The maximum atomic E-state index is 11.8. The summed E-state index contributed by atoms with van der Waals surface area (Å²) < 4.78 is 5.41. The topological polar surface area (TPSA) is 71.5 Å². The van der Waals surface area contributed by atoms with E-state index in [1.807, 2.05) is 26.0 Å². The molecule has 1 heterocycles. The number of ether oxygens (including phenoxy) is 1. The standard InChI is InChI=1S/C15H22N2O3/c1-3-20-13-7-15(19,8-13)10-17-14(18)6-12-5-4-11(2)16-9-12/h4-5,9,13,19H,3,6-8,10H2,1-2H3,(H,17,18). The molecule has 0 aliphatic heterocycles. The van der Waals surface area contributed by atoms with E-state index in [1.165, 1.54) is 0 Å². The lowest BCUT2D eigenvalue weighted by Crippen LogP contribution is -2.55. The molecule has 0 unspecified atom stereocenters. The predicted molar refractivity (Wildman–Crippen MR) is 75.3 cm³/mol. The van der Waals surface area contributed by atoms with Crippen LogP contribution < -0.4 is 5.32 Å². The van der Waals surface area contributed by atoms with Crippen LogP contribution in [0.5, 0.6) is 0 Å². The van der Waals surface area contributed by atoms with Crippen molar-refractivity contribution < 1.29 is 14.6 Å². The Balaban J connectivity index is 1.72. The molecule has 2 N–H and O–H groups in total. The van der Waals surface area contributed by atoms with Gasteiger partial charge in [-0.1, -0.05) is 6.07 Å². The maximum absolute atomic E-state index is 11.8.